The van der Waals surface area contributed by atoms with Crippen molar-refractivity contribution < 1.29 is 31.8 Å². The molecule has 1 amide bonds. The summed E-state index contributed by atoms with van der Waals surface area (Å²) in [4.78, 5) is 14.0. The summed E-state index contributed by atoms with van der Waals surface area (Å²) in [5.41, 5.74) is 0. The van der Waals surface area contributed by atoms with Gasteiger partial charge in [0.25, 0.3) is 5.91 Å². The lowest BCUT2D eigenvalue weighted by Crippen LogP contribution is -2.51. The number of ether oxygens (including phenoxy) is 3. The number of carbonyl (C=O) groups is 1. The van der Waals surface area contributed by atoms with Crippen LogP contribution in [0.4, 0.5) is 4.39 Å². The summed E-state index contributed by atoms with van der Waals surface area (Å²) >= 11 is 0. The van der Waals surface area contributed by atoms with Crippen LogP contribution in [0, 0.1) is 5.82 Å². The Morgan fingerprint density at radius 2 is 1.70 bits per heavy atom. The van der Waals surface area contributed by atoms with E-state index in [1.165, 1.54) is 39.5 Å². The summed E-state index contributed by atoms with van der Waals surface area (Å²) in [6, 6.07) is 10.4. The monoisotopic (exact) mass is 436 g/mol. The van der Waals surface area contributed by atoms with Gasteiger partial charge in [-0.1, -0.05) is 12.1 Å². The second kappa shape index (κ2) is 8.49. The number of nitrogens with zero attached hydrogens (tertiary/aromatic N) is 2. The van der Waals surface area contributed by atoms with Crippen molar-refractivity contribution in [2.75, 3.05) is 46.0 Å². The van der Waals surface area contributed by atoms with Gasteiger partial charge in [0.1, 0.15) is 13.2 Å². The molecule has 2 aromatic carbocycles. The van der Waals surface area contributed by atoms with E-state index in [1.807, 2.05) is 0 Å². The number of amides is 1. The Balaban J connectivity index is 1.35. The summed E-state index contributed by atoms with van der Waals surface area (Å²) in [7, 11) is -3.73. The fourth-order valence-corrected chi connectivity index (χ4v) is 4.74. The number of hydrogen-bond acceptors (Lipinski definition) is 6. The first kappa shape index (κ1) is 20.4. The van der Waals surface area contributed by atoms with Crippen molar-refractivity contribution in [3.05, 3.63) is 48.3 Å². The highest BCUT2D eigenvalue weighted by Gasteiger charge is 2.31. The van der Waals surface area contributed by atoms with Crippen LogP contribution in [-0.4, -0.2) is 69.5 Å². The third-order valence-electron chi connectivity index (χ3n) is 4.93. The van der Waals surface area contributed by atoms with Crippen LogP contribution in [0.1, 0.15) is 0 Å². The summed E-state index contributed by atoms with van der Waals surface area (Å²) in [6.07, 6.45) is 0. The molecule has 0 bridgehead atoms. The number of hydrogen-bond donors (Lipinski definition) is 0. The molecule has 1 saturated heterocycles. The van der Waals surface area contributed by atoms with E-state index in [9.17, 15) is 17.6 Å². The van der Waals surface area contributed by atoms with Gasteiger partial charge in [0.05, 0.1) is 4.90 Å². The minimum Gasteiger partial charge on any atom is -0.486 e. The summed E-state index contributed by atoms with van der Waals surface area (Å²) in [5, 5.41) is 0. The van der Waals surface area contributed by atoms with E-state index in [0.29, 0.717) is 24.7 Å². The van der Waals surface area contributed by atoms with E-state index < -0.39 is 15.8 Å². The maximum Gasteiger partial charge on any atom is 0.260 e. The minimum absolute atomic E-state index is 0.00525. The fourth-order valence-electron chi connectivity index (χ4n) is 3.30. The van der Waals surface area contributed by atoms with Crippen molar-refractivity contribution in [1.82, 2.24) is 9.21 Å². The van der Waals surface area contributed by atoms with Gasteiger partial charge in [-0.3, -0.25) is 4.79 Å². The molecule has 0 spiro atoms. The zero-order chi connectivity index (χ0) is 21.1. The van der Waals surface area contributed by atoms with Crippen LogP contribution in [0.5, 0.6) is 17.2 Å². The Kier molecular flexibility index (Phi) is 5.78. The van der Waals surface area contributed by atoms with Crippen molar-refractivity contribution in [1.29, 1.82) is 0 Å². The Hall–Kier alpha value is -2.85. The number of fused-ring (bicyclic) bond motifs is 1. The first-order valence-electron chi connectivity index (χ1n) is 9.50. The van der Waals surface area contributed by atoms with Crippen molar-refractivity contribution in [3.8, 4) is 17.2 Å². The number of carbonyl (C=O) groups excluding carboxylic acids is 1. The molecule has 0 N–H and O–H groups in total. The van der Waals surface area contributed by atoms with Crippen LogP contribution in [0.2, 0.25) is 0 Å². The van der Waals surface area contributed by atoms with Gasteiger partial charge in [-0.15, -0.1) is 0 Å². The Labute approximate surface area is 173 Å². The Bertz CT molecular complexity index is 1040. The summed E-state index contributed by atoms with van der Waals surface area (Å²) in [6.45, 7) is 1.24. The van der Waals surface area contributed by atoms with E-state index in [0.717, 1.165) is 0 Å². The highest BCUT2D eigenvalue weighted by molar-refractivity contribution is 7.89. The summed E-state index contributed by atoms with van der Waals surface area (Å²) in [5.74, 6) is 0.0628. The van der Waals surface area contributed by atoms with Crippen LogP contribution in [0.3, 0.4) is 0 Å². The maximum atomic E-state index is 13.6. The lowest BCUT2D eigenvalue weighted by atomic mass is 10.3. The zero-order valence-electron chi connectivity index (χ0n) is 16.1. The molecule has 30 heavy (non-hydrogen) atoms. The number of benzene rings is 2. The van der Waals surface area contributed by atoms with E-state index >= 15 is 0 Å². The van der Waals surface area contributed by atoms with Crippen molar-refractivity contribution in [3.63, 3.8) is 0 Å². The average Bonchev–Trinajstić information content (AvgIpc) is 2.78. The van der Waals surface area contributed by atoms with Crippen molar-refractivity contribution >= 4 is 15.9 Å². The number of piperazine rings is 1. The average molecular weight is 436 g/mol. The first-order chi connectivity index (χ1) is 14.4. The SMILES string of the molecule is O=C(COc1ccccc1F)N1CCN(S(=O)(=O)c2ccc3c(c2)OCCO3)CC1. The van der Waals surface area contributed by atoms with E-state index in [2.05, 4.69) is 0 Å². The Morgan fingerprint density at radius 1 is 1.00 bits per heavy atom. The van der Waals surface area contributed by atoms with Crippen molar-refractivity contribution in [2.24, 2.45) is 0 Å². The van der Waals surface area contributed by atoms with Gasteiger partial charge in [0.2, 0.25) is 10.0 Å². The highest BCUT2D eigenvalue weighted by Crippen LogP contribution is 2.33. The van der Waals surface area contributed by atoms with Gasteiger partial charge in [0.15, 0.2) is 29.7 Å². The van der Waals surface area contributed by atoms with Gasteiger partial charge in [0, 0.05) is 32.2 Å². The molecule has 2 aliphatic rings. The molecule has 0 aromatic heterocycles. The molecule has 2 heterocycles. The van der Waals surface area contributed by atoms with Crippen molar-refractivity contribution in [2.45, 2.75) is 4.90 Å². The highest BCUT2D eigenvalue weighted by atomic mass is 32.2. The molecule has 0 radical (unpaired) electrons. The van der Waals surface area contributed by atoms with Gasteiger partial charge in [-0.25, -0.2) is 12.8 Å². The molecule has 2 aliphatic heterocycles. The van der Waals surface area contributed by atoms with Crippen LogP contribution in [0.15, 0.2) is 47.4 Å². The second-order valence-electron chi connectivity index (χ2n) is 6.81. The fraction of sp³-hybridized carbons (Fsp3) is 0.350. The molecule has 0 unspecified atom stereocenters. The molecule has 4 rings (SSSR count). The predicted octanol–water partition coefficient (Wildman–Crippen LogP) is 1.51. The normalized spacial score (nSPS) is 16.9. The first-order valence-corrected chi connectivity index (χ1v) is 10.9. The molecule has 2 aromatic rings. The second-order valence-corrected chi connectivity index (χ2v) is 8.75. The number of halogens is 1. The maximum absolute atomic E-state index is 13.6. The van der Waals surface area contributed by atoms with E-state index in [-0.39, 0.29) is 49.3 Å². The van der Waals surface area contributed by atoms with E-state index in [4.69, 9.17) is 14.2 Å². The van der Waals surface area contributed by atoms with Crippen LogP contribution >= 0.6 is 0 Å². The topological polar surface area (TPSA) is 85.4 Å². The van der Waals surface area contributed by atoms with Crippen LogP contribution < -0.4 is 14.2 Å². The molecular formula is C20H21FN2O6S. The molecular weight excluding hydrogens is 415 g/mol. The molecule has 160 valence electrons. The molecule has 0 saturated carbocycles. The van der Waals surface area contributed by atoms with Gasteiger partial charge >= 0.3 is 0 Å². The lowest BCUT2D eigenvalue weighted by molar-refractivity contribution is -0.134. The van der Waals surface area contributed by atoms with Gasteiger partial charge in [-0.2, -0.15) is 4.31 Å². The largest absolute Gasteiger partial charge is 0.486 e. The molecule has 8 nitrogen and oxygen atoms in total. The molecule has 0 atom stereocenters. The summed E-state index contributed by atoms with van der Waals surface area (Å²) < 4.78 is 57.0. The lowest BCUT2D eigenvalue weighted by Gasteiger charge is -2.34. The smallest absolute Gasteiger partial charge is 0.260 e. The molecule has 0 aliphatic carbocycles. The van der Waals surface area contributed by atoms with Crippen LogP contribution in [0.25, 0.3) is 0 Å². The Morgan fingerprint density at radius 3 is 2.43 bits per heavy atom. The van der Waals surface area contributed by atoms with Gasteiger partial charge < -0.3 is 19.1 Å². The molecule has 10 heteroatoms. The molecule has 1 fully saturated rings. The van der Waals surface area contributed by atoms with Gasteiger partial charge in [-0.05, 0) is 24.3 Å². The number of rotatable bonds is 5. The third kappa shape index (κ3) is 4.19. The number of sulfonamides is 1. The quantitative estimate of drug-likeness (QED) is 0.707. The van der Waals surface area contributed by atoms with E-state index in [1.54, 1.807) is 12.1 Å². The van der Waals surface area contributed by atoms with Crippen LogP contribution in [-0.2, 0) is 14.8 Å². The standard InChI is InChI=1S/C20H21FN2O6S/c21-16-3-1-2-4-17(16)29-14-20(24)22-7-9-23(10-8-22)30(25,26)15-5-6-18-19(13-15)28-12-11-27-18/h1-6,13H,7-12,14H2. The third-order valence-corrected chi connectivity index (χ3v) is 6.83. The number of para-hydroxylation sites is 1. The predicted molar refractivity (Wildman–Crippen MR) is 105 cm³/mol. The zero-order valence-corrected chi connectivity index (χ0v) is 16.9. The minimum atomic E-state index is -3.73.